The van der Waals surface area contributed by atoms with Crippen molar-refractivity contribution in [2.75, 3.05) is 19.4 Å². The number of benzene rings is 1. The molecule has 0 heterocycles. The predicted octanol–water partition coefficient (Wildman–Crippen LogP) is 3.00. The molecule has 1 aromatic rings. The molecule has 1 N–H and O–H groups in total. The highest BCUT2D eigenvalue weighted by molar-refractivity contribution is 7.89. The first kappa shape index (κ1) is 18.0. The molecule has 0 saturated heterocycles. The lowest BCUT2D eigenvalue weighted by molar-refractivity contribution is 0.407. The summed E-state index contributed by atoms with van der Waals surface area (Å²) in [6, 6.07) is 4.16. The van der Waals surface area contributed by atoms with Gasteiger partial charge >= 0.3 is 0 Å². The molecule has 0 aliphatic carbocycles. The van der Waals surface area contributed by atoms with E-state index in [4.69, 9.17) is 4.74 Å². The molecule has 120 valence electrons. The number of hydrogen-bond donors (Lipinski definition) is 1. The van der Waals surface area contributed by atoms with Crippen LogP contribution in [-0.4, -0.2) is 27.8 Å². The first-order valence-corrected chi connectivity index (χ1v) is 9.10. The second-order valence-corrected chi connectivity index (χ2v) is 7.56. The third-order valence-electron chi connectivity index (χ3n) is 3.50. The minimum Gasteiger partial charge on any atom is -0.496 e. The van der Waals surface area contributed by atoms with Gasteiger partial charge in [-0.2, -0.15) is 0 Å². The lowest BCUT2D eigenvalue weighted by Gasteiger charge is -2.16. The monoisotopic (exact) mass is 313 g/mol. The maximum atomic E-state index is 11.7. The largest absolute Gasteiger partial charge is 0.496 e. The molecule has 1 aromatic carbocycles. The topological polar surface area (TPSA) is 55.4 Å². The molecule has 0 unspecified atom stereocenters. The van der Waals surface area contributed by atoms with E-state index >= 15 is 0 Å². The molecular weight excluding hydrogens is 286 g/mol. The third kappa shape index (κ3) is 5.32. The Labute approximate surface area is 129 Å². The van der Waals surface area contributed by atoms with E-state index in [1.165, 1.54) is 5.56 Å². The molecule has 0 atom stereocenters. The fraction of sp³-hybridized carbons (Fsp3) is 0.625. The Morgan fingerprint density at radius 2 is 1.95 bits per heavy atom. The minimum atomic E-state index is -3.13. The van der Waals surface area contributed by atoms with Crippen LogP contribution in [-0.2, 0) is 16.4 Å². The Kier molecular flexibility index (Phi) is 6.68. The molecule has 0 amide bonds. The van der Waals surface area contributed by atoms with Crippen molar-refractivity contribution in [3.63, 3.8) is 0 Å². The summed E-state index contributed by atoms with van der Waals surface area (Å²) < 4.78 is 31.4. The van der Waals surface area contributed by atoms with Gasteiger partial charge in [-0.3, -0.25) is 0 Å². The Morgan fingerprint density at radius 1 is 1.29 bits per heavy atom. The van der Waals surface area contributed by atoms with Crippen LogP contribution in [0.3, 0.4) is 0 Å². The number of hydrogen-bond acceptors (Lipinski definition) is 3. The molecule has 0 fully saturated rings. The van der Waals surface area contributed by atoms with E-state index in [9.17, 15) is 8.42 Å². The summed E-state index contributed by atoms with van der Waals surface area (Å²) in [5.74, 6) is 1.46. The van der Waals surface area contributed by atoms with E-state index in [2.05, 4.69) is 24.6 Å². The van der Waals surface area contributed by atoms with Crippen LogP contribution < -0.4 is 9.46 Å². The van der Waals surface area contributed by atoms with Crippen LogP contribution in [0.4, 0.5) is 0 Å². The first-order valence-electron chi connectivity index (χ1n) is 7.45. The Bertz CT molecular complexity index is 565. The molecule has 0 radical (unpaired) electrons. The van der Waals surface area contributed by atoms with Crippen molar-refractivity contribution >= 4 is 10.0 Å². The van der Waals surface area contributed by atoms with E-state index in [0.717, 1.165) is 16.9 Å². The highest BCUT2D eigenvalue weighted by Gasteiger charge is 2.12. The molecule has 4 nitrogen and oxygen atoms in total. The van der Waals surface area contributed by atoms with Gasteiger partial charge in [0.1, 0.15) is 5.75 Å². The molecule has 5 heteroatoms. The molecule has 1 rings (SSSR count). The quantitative estimate of drug-likeness (QED) is 0.802. The van der Waals surface area contributed by atoms with Gasteiger partial charge in [-0.1, -0.05) is 26.8 Å². The molecule has 0 spiro atoms. The van der Waals surface area contributed by atoms with E-state index < -0.39 is 10.0 Å². The zero-order chi connectivity index (χ0) is 16.0. The zero-order valence-corrected chi connectivity index (χ0v) is 14.5. The molecule has 21 heavy (non-hydrogen) atoms. The van der Waals surface area contributed by atoms with Crippen LogP contribution in [0.25, 0.3) is 0 Å². The molecule has 0 aromatic heterocycles. The Hall–Kier alpha value is -1.07. The number of aryl methyl sites for hydroxylation is 1. The van der Waals surface area contributed by atoms with Gasteiger partial charge in [0.2, 0.25) is 10.0 Å². The van der Waals surface area contributed by atoms with Crippen molar-refractivity contribution in [2.45, 2.75) is 46.5 Å². The Morgan fingerprint density at radius 3 is 2.48 bits per heavy atom. The first-order chi connectivity index (χ1) is 9.80. The number of nitrogens with one attached hydrogen (secondary N) is 1. The predicted molar refractivity (Wildman–Crippen MR) is 87.6 cm³/mol. The average Bonchev–Trinajstić information content (AvgIpc) is 2.39. The standard InChI is InChI=1S/C16H27NO3S/c1-6-9-21(18,19)17-8-7-14-11-15(12(2)3)16(20-5)10-13(14)4/h10-12,17H,6-9H2,1-5H3. The summed E-state index contributed by atoms with van der Waals surface area (Å²) in [5, 5.41) is 0. The summed E-state index contributed by atoms with van der Waals surface area (Å²) in [6.07, 6.45) is 1.33. The van der Waals surface area contributed by atoms with Crippen LogP contribution >= 0.6 is 0 Å². The van der Waals surface area contributed by atoms with Gasteiger partial charge in [-0.05, 0) is 48.4 Å². The van der Waals surface area contributed by atoms with Crippen LogP contribution in [0.1, 0.15) is 49.8 Å². The smallest absolute Gasteiger partial charge is 0.211 e. The normalized spacial score (nSPS) is 11.9. The second-order valence-electron chi connectivity index (χ2n) is 5.64. The maximum Gasteiger partial charge on any atom is 0.211 e. The molecule has 0 aliphatic rings. The summed E-state index contributed by atoms with van der Waals surface area (Å²) in [4.78, 5) is 0. The van der Waals surface area contributed by atoms with Gasteiger partial charge in [0.15, 0.2) is 0 Å². The third-order valence-corrected chi connectivity index (χ3v) is 5.09. The molecular formula is C16H27NO3S. The van der Waals surface area contributed by atoms with Crippen LogP contribution in [0.2, 0.25) is 0 Å². The van der Waals surface area contributed by atoms with Crippen molar-refractivity contribution in [2.24, 2.45) is 0 Å². The molecule has 0 aliphatic heterocycles. The number of ether oxygens (including phenoxy) is 1. The van der Waals surface area contributed by atoms with Gasteiger partial charge in [0.05, 0.1) is 12.9 Å². The summed E-state index contributed by atoms with van der Waals surface area (Å²) >= 11 is 0. The van der Waals surface area contributed by atoms with E-state index in [1.807, 2.05) is 19.9 Å². The fourth-order valence-corrected chi connectivity index (χ4v) is 3.42. The average molecular weight is 313 g/mol. The van der Waals surface area contributed by atoms with Gasteiger partial charge in [-0.25, -0.2) is 13.1 Å². The second kappa shape index (κ2) is 7.80. The Balaban J connectivity index is 2.82. The van der Waals surface area contributed by atoms with Crippen LogP contribution in [0, 0.1) is 6.92 Å². The van der Waals surface area contributed by atoms with Gasteiger partial charge in [0, 0.05) is 6.54 Å². The van der Waals surface area contributed by atoms with Gasteiger partial charge in [0.25, 0.3) is 0 Å². The summed E-state index contributed by atoms with van der Waals surface area (Å²) in [5.41, 5.74) is 3.46. The van der Waals surface area contributed by atoms with Crippen molar-refractivity contribution in [1.29, 1.82) is 0 Å². The number of rotatable bonds is 8. The van der Waals surface area contributed by atoms with Crippen LogP contribution in [0.15, 0.2) is 12.1 Å². The van der Waals surface area contributed by atoms with E-state index in [0.29, 0.717) is 25.3 Å². The van der Waals surface area contributed by atoms with Crippen molar-refractivity contribution in [3.05, 3.63) is 28.8 Å². The SMILES string of the molecule is CCCS(=O)(=O)NCCc1cc(C(C)C)c(OC)cc1C. The maximum absolute atomic E-state index is 11.7. The molecule has 0 bridgehead atoms. The number of methoxy groups -OCH3 is 1. The highest BCUT2D eigenvalue weighted by atomic mass is 32.2. The lowest BCUT2D eigenvalue weighted by Crippen LogP contribution is -2.28. The van der Waals surface area contributed by atoms with Crippen molar-refractivity contribution in [3.8, 4) is 5.75 Å². The highest BCUT2D eigenvalue weighted by Crippen LogP contribution is 2.29. The van der Waals surface area contributed by atoms with Crippen molar-refractivity contribution < 1.29 is 13.2 Å². The van der Waals surface area contributed by atoms with E-state index in [1.54, 1.807) is 7.11 Å². The lowest BCUT2D eigenvalue weighted by atomic mass is 9.95. The minimum absolute atomic E-state index is 0.186. The van der Waals surface area contributed by atoms with Gasteiger partial charge < -0.3 is 4.74 Å². The van der Waals surface area contributed by atoms with E-state index in [-0.39, 0.29) is 5.75 Å². The molecule has 0 saturated carbocycles. The van der Waals surface area contributed by atoms with Gasteiger partial charge in [-0.15, -0.1) is 0 Å². The van der Waals surface area contributed by atoms with Crippen molar-refractivity contribution in [1.82, 2.24) is 4.72 Å². The fourth-order valence-electron chi connectivity index (χ4n) is 2.32. The summed E-state index contributed by atoms with van der Waals surface area (Å²) in [6.45, 7) is 8.58. The number of sulfonamides is 1. The van der Waals surface area contributed by atoms with Crippen LogP contribution in [0.5, 0.6) is 5.75 Å². The summed E-state index contributed by atoms with van der Waals surface area (Å²) in [7, 11) is -1.45. The zero-order valence-electron chi connectivity index (χ0n) is 13.7.